The highest BCUT2D eigenvalue weighted by Gasteiger charge is 2.20. The van der Waals surface area contributed by atoms with Crippen molar-refractivity contribution in [2.45, 2.75) is 20.0 Å². The number of hydrogen-bond donors (Lipinski definition) is 2. The summed E-state index contributed by atoms with van der Waals surface area (Å²) in [5.41, 5.74) is 1.54. The second-order valence-corrected chi connectivity index (χ2v) is 6.30. The van der Waals surface area contributed by atoms with Gasteiger partial charge in [-0.3, -0.25) is 9.59 Å². The van der Waals surface area contributed by atoms with Crippen LogP contribution in [-0.2, 0) is 4.79 Å². The first-order valence-corrected chi connectivity index (χ1v) is 8.21. The van der Waals surface area contributed by atoms with Crippen molar-refractivity contribution in [3.63, 3.8) is 0 Å². The first-order valence-electron chi connectivity index (χ1n) is 7.83. The number of hydrogen-bond acceptors (Lipinski definition) is 3. The highest BCUT2D eigenvalue weighted by atomic mass is 35.5. The van der Waals surface area contributed by atoms with Crippen molar-refractivity contribution in [3.05, 3.63) is 59.2 Å². The number of ether oxygens (including phenoxy) is 1. The van der Waals surface area contributed by atoms with Crippen molar-refractivity contribution in [2.75, 3.05) is 5.32 Å². The van der Waals surface area contributed by atoms with Crippen molar-refractivity contribution in [2.24, 2.45) is 0 Å². The predicted octanol–water partition coefficient (Wildman–Crippen LogP) is 4.43. The molecule has 128 valence electrons. The number of carbonyl (C=O) groups is 2. The minimum Gasteiger partial charge on any atom is -0.491 e. The van der Waals surface area contributed by atoms with Crippen molar-refractivity contribution in [1.82, 2.24) is 4.98 Å². The Morgan fingerprint density at radius 1 is 1.12 bits per heavy atom. The van der Waals surface area contributed by atoms with Crippen LogP contribution in [0.15, 0.2) is 48.7 Å². The molecule has 0 saturated carbocycles. The van der Waals surface area contributed by atoms with E-state index in [1.54, 1.807) is 42.5 Å². The third-order valence-electron chi connectivity index (χ3n) is 3.58. The molecule has 0 saturated heterocycles. The number of rotatable bonds is 5. The number of amides is 1. The van der Waals surface area contributed by atoms with Crippen LogP contribution in [0, 0.1) is 0 Å². The van der Waals surface area contributed by atoms with Crippen molar-refractivity contribution >= 4 is 39.9 Å². The molecule has 0 radical (unpaired) electrons. The Hall–Kier alpha value is -2.79. The topological polar surface area (TPSA) is 71.2 Å². The number of ketones is 1. The van der Waals surface area contributed by atoms with Crippen LogP contribution in [0.1, 0.15) is 24.2 Å². The van der Waals surface area contributed by atoms with Crippen molar-refractivity contribution in [1.29, 1.82) is 0 Å². The Labute approximate surface area is 149 Å². The molecule has 2 N–H and O–H groups in total. The SMILES string of the molecule is CC(C)Oc1ccc(NC(=O)C(=O)c2c[nH]c3cc(Cl)ccc23)cc1. The second-order valence-electron chi connectivity index (χ2n) is 5.87. The quantitative estimate of drug-likeness (QED) is 0.524. The van der Waals surface area contributed by atoms with E-state index in [0.29, 0.717) is 32.9 Å². The van der Waals surface area contributed by atoms with Gasteiger partial charge in [0.15, 0.2) is 0 Å². The molecular weight excluding hydrogens is 340 g/mol. The summed E-state index contributed by atoms with van der Waals surface area (Å²) >= 11 is 5.93. The minimum absolute atomic E-state index is 0.0670. The van der Waals surface area contributed by atoms with E-state index in [4.69, 9.17) is 16.3 Å². The van der Waals surface area contributed by atoms with Crippen molar-refractivity contribution in [3.8, 4) is 5.75 Å². The van der Waals surface area contributed by atoms with E-state index in [-0.39, 0.29) is 6.10 Å². The average Bonchev–Trinajstić information content (AvgIpc) is 2.98. The number of halogens is 1. The first kappa shape index (κ1) is 17.0. The molecule has 3 aromatic rings. The fraction of sp³-hybridized carbons (Fsp3) is 0.158. The highest BCUT2D eigenvalue weighted by molar-refractivity contribution is 6.48. The summed E-state index contributed by atoms with van der Waals surface area (Å²) < 4.78 is 5.54. The molecule has 0 bridgehead atoms. The van der Waals surface area contributed by atoms with E-state index in [2.05, 4.69) is 10.3 Å². The molecule has 0 aliphatic carbocycles. The number of anilines is 1. The van der Waals surface area contributed by atoms with Gasteiger partial charge in [0.25, 0.3) is 11.7 Å². The van der Waals surface area contributed by atoms with Gasteiger partial charge >= 0.3 is 0 Å². The Morgan fingerprint density at radius 3 is 2.52 bits per heavy atom. The van der Waals surface area contributed by atoms with Gasteiger partial charge in [-0.1, -0.05) is 17.7 Å². The van der Waals surface area contributed by atoms with Gasteiger partial charge in [0, 0.05) is 27.8 Å². The van der Waals surface area contributed by atoms with E-state index in [0.717, 1.165) is 0 Å². The molecule has 5 nitrogen and oxygen atoms in total. The number of H-pyrrole nitrogens is 1. The Balaban J connectivity index is 1.75. The lowest BCUT2D eigenvalue weighted by atomic mass is 10.1. The highest BCUT2D eigenvalue weighted by Crippen LogP contribution is 2.23. The Morgan fingerprint density at radius 2 is 1.84 bits per heavy atom. The Kier molecular flexibility index (Phi) is 4.76. The molecule has 1 heterocycles. The lowest BCUT2D eigenvalue weighted by molar-refractivity contribution is -0.112. The van der Waals surface area contributed by atoms with Gasteiger partial charge in [0.05, 0.1) is 11.7 Å². The van der Waals surface area contributed by atoms with Crippen LogP contribution in [0.5, 0.6) is 5.75 Å². The molecule has 1 aromatic heterocycles. The maximum Gasteiger partial charge on any atom is 0.296 e. The molecule has 0 aliphatic rings. The third-order valence-corrected chi connectivity index (χ3v) is 3.81. The average molecular weight is 357 g/mol. The summed E-state index contributed by atoms with van der Waals surface area (Å²) in [6.07, 6.45) is 1.58. The molecule has 3 rings (SSSR count). The number of aromatic nitrogens is 1. The van der Waals surface area contributed by atoms with Crippen LogP contribution in [0.2, 0.25) is 5.02 Å². The summed E-state index contributed by atoms with van der Waals surface area (Å²) in [7, 11) is 0. The molecule has 0 unspecified atom stereocenters. The number of carbonyl (C=O) groups excluding carboxylic acids is 2. The summed E-state index contributed by atoms with van der Waals surface area (Å²) in [6, 6.07) is 12.0. The van der Waals surface area contributed by atoms with Gasteiger partial charge in [-0.25, -0.2) is 0 Å². The molecular formula is C19H17ClN2O3. The zero-order chi connectivity index (χ0) is 18.0. The Bertz CT molecular complexity index is 929. The van der Waals surface area contributed by atoms with Crippen LogP contribution < -0.4 is 10.1 Å². The first-order chi connectivity index (χ1) is 11.9. The normalized spacial score (nSPS) is 10.9. The number of fused-ring (bicyclic) bond motifs is 1. The monoisotopic (exact) mass is 356 g/mol. The minimum atomic E-state index is -0.701. The van der Waals surface area contributed by atoms with Crippen LogP contribution >= 0.6 is 11.6 Å². The maximum atomic E-state index is 12.4. The second kappa shape index (κ2) is 6.99. The molecule has 25 heavy (non-hydrogen) atoms. The standard InChI is InChI=1S/C19H17ClN2O3/c1-11(2)25-14-6-4-13(5-7-14)22-19(24)18(23)16-10-21-17-9-12(20)3-8-15(16)17/h3-11,21H,1-2H3,(H,22,24). The summed E-state index contributed by atoms with van der Waals surface area (Å²) in [5, 5.41) is 3.82. The molecule has 0 aliphatic heterocycles. The van der Waals surface area contributed by atoms with E-state index in [1.165, 1.54) is 6.20 Å². The summed E-state index contributed by atoms with van der Waals surface area (Å²) in [5.74, 6) is -0.614. The van der Waals surface area contributed by atoms with Gasteiger partial charge in [0.2, 0.25) is 0 Å². The fourth-order valence-electron chi connectivity index (χ4n) is 2.49. The van der Waals surface area contributed by atoms with Crippen LogP contribution in [0.3, 0.4) is 0 Å². The van der Waals surface area contributed by atoms with Crippen LogP contribution in [0.4, 0.5) is 5.69 Å². The fourth-order valence-corrected chi connectivity index (χ4v) is 2.66. The van der Waals surface area contributed by atoms with E-state index < -0.39 is 11.7 Å². The maximum absolute atomic E-state index is 12.4. The van der Waals surface area contributed by atoms with Gasteiger partial charge in [0.1, 0.15) is 5.75 Å². The molecule has 0 spiro atoms. The number of Topliss-reactive ketones (excluding diaryl/α,β-unsaturated/α-hetero) is 1. The number of benzene rings is 2. The molecule has 0 atom stereocenters. The largest absolute Gasteiger partial charge is 0.491 e. The predicted molar refractivity (Wildman–Crippen MR) is 98.5 cm³/mol. The van der Waals surface area contributed by atoms with Gasteiger partial charge < -0.3 is 15.0 Å². The van der Waals surface area contributed by atoms with Crippen molar-refractivity contribution < 1.29 is 14.3 Å². The molecule has 0 fully saturated rings. The molecule has 1 amide bonds. The number of aromatic amines is 1. The summed E-state index contributed by atoms with van der Waals surface area (Å²) in [6.45, 7) is 3.87. The lowest BCUT2D eigenvalue weighted by Crippen LogP contribution is -2.22. The lowest BCUT2D eigenvalue weighted by Gasteiger charge is -2.10. The van der Waals surface area contributed by atoms with Gasteiger partial charge in [-0.05, 0) is 50.2 Å². The third kappa shape index (κ3) is 3.83. The van der Waals surface area contributed by atoms with E-state index >= 15 is 0 Å². The van der Waals surface area contributed by atoms with E-state index in [1.807, 2.05) is 13.8 Å². The summed E-state index contributed by atoms with van der Waals surface area (Å²) in [4.78, 5) is 27.6. The molecule has 6 heteroatoms. The van der Waals surface area contributed by atoms with E-state index in [9.17, 15) is 9.59 Å². The van der Waals surface area contributed by atoms with Gasteiger partial charge in [-0.15, -0.1) is 0 Å². The zero-order valence-corrected chi connectivity index (χ0v) is 14.6. The zero-order valence-electron chi connectivity index (χ0n) is 13.8. The smallest absolute Gasteiger partial charge is 0.296 e. The van der Waals surface area contributed by atoms with Gasteiger partial charge in [-0.2, -0.15) is 0 Å². The van der Waals surface area contributed by atoms with Crippen LogP contribution in [0.25, 0.3) is 10.9 Å². The number of nitrogens with one attached hydrogen (secondary N) is 2. The van der Waals surface area contributed by atoms with Crippen LogP contribution in [-0.4, -0.2) is 22.8 Å². The molecule has 2 aromatic carbocycles.